The van der Waals surface area contributed by atoms with Crippen LogP contribution in [0, 0.1) is 13.8 Å². The second kappa shape index (κ2) is 5.78. The van der Waals surface area contributed by atoms with Gasteiger partial charge in [0.25, 0.3) is 5.91 Å². The first-order chi connectivity index (χ1) is 10.5. The fraction of sp³-hybridized carbons (Fsp3) is 0.647. The molecule has 3 rings (SSSR count). The zero-order valence-electron chi connectivity index (χ0n) is 13.8. The Morgan fingerprint density at radius 2 is 1.68 bits per heavy atom. The lowest BCUT2D eigenvalue weighted by molar-refractivity contribution is -0.128. The van der Waals surface area contributed by atoms with Crippen LogP contribution in [-0.4, -0.2) is 52.4 Å². The monoisotopic (exact) mass is 303 g/mol. The lowest BCUT2D eigenvalue weighted by Gasteiger charge is -2.21. The Morgan fingerprint density at radius 1 is 1.05 bits per heavy atom. The van der Waals surface area contributed by atoms with Gasteiger partial charge in [-0.2, -0.15) is 0 Å². The smallest absolute Gasteiger partial charge is 0.255 e. The van der Waals surface area contributed by atoms with E-state index < -0.39 is 0 Å². The first kappa shape index (κ1) is 15.1. The number of amides is 2. The molecule has 0 unspecified atom stereocenters. The fourth-order valence-electron chi connectivity index (χ4n) is 3.49. The van der Waals surface area contributed by atoms with Crippen molar-refractivity contribution in [2.24, 2.45) is 0 Å². The molecule has 1 aromatic rings. The van der Waals surface area contributed by atoms with Crippen molar-refractivity contribution in [3.8, 4) is 0 Å². The van der Waals surface area contributed by atoms with E-state index in [0.29, 0.717) is 19.1 Å². The quantitative estimate of drug-likeness (QED) is 0.840. The number of carbonyl (C=O) groups is 2. The molecule has 0 atom stereocenters. The molecular formula is C17H25N3O2. The van der Waals surface area contributed by atoms with E-state index in [1.54, 1.807) is 6.92 Å². The van der Waals surface area contributed by atoms with E-state index in [9.17, 15) is 9.59 Å². The molecule has 0 bridgehead atoms. The van der Waals surface area contributed by atoms with Crippen molar-refractivity contribution in [3.05, 3.63) is 23.0 Å². The van der Waals surface area contributed by atoms with Crippen molar-refractivity contribution in [2.45, 2.75) is 46.1 Å². The molecule has 0 N–H and O–H groups in total. The molecule has 5 nitrogen and oxygen atoms in total. The summed E-state index contributed by atoms with van der Waals surface area (Å²) in [6.07, 6.45) is 3.30. The highest BCUT2D eigenvalue weighted by molar-refractivity contribution is 5.95. The average Bonchev–Trinajstić information content (AvgIpc) is 3.27. The van der Waals surface area contributed by atoms with E-state index in [0.717, 1.165) is 30.8 Å². The van der Waals surface area contributed by atoms with Gasteiger partial charge in [0, 0.05) is 50.5 Å². The number of rotatable bonds is 2. The van der Waals surface area contributed by atoms with Crippen LogP contribution in [0.2, 0.25) is 0 Å². The normalized spacial score (nSPS) is 19.2. The Labute approximate surface area is 131 Å². The average molecular weight is 303 g/mol. The summed E-state index contributed by atoms with van der Waals surface area (Å²) in [7, 11) is 0. The molecule has 1 saturated heterocycles. The van der Waals surface area contributed by atoms with E-state index >= 15 is 0 Å². The minimum absolute atomic E-state index is 0.0983. The summed E-state index contributed by atoms with van der Waals surface area (Å²) < 4.78 is 2.31. The van der Waals surface area contributed by atoms with E-state index in [4.69, 9.17) is 0 Å². The van der Waals surface area contributed by atoms with Crippen LogP contribution in [0.15, 0.2) is 6.07 Å². The second-order valence-electron chi connectivity index (χ2n) is 6.54. The maximum Gasteiger partial charge on any atom is 0.255 e. The highest BCUT2D eigenvalue weighted by atomic mass is 16.2. The summed E-state index contributed by atoms with van der Waals surface area (Å²) in [6.45, 7) is 8.49. The van der Waals surface area contributed by atoms with Gasteiger partial charge in [-0.3, -0.25) is 9.59 Å². The molecule has 1 aliphatic carbocycles. The molecule has 2 amide bonds. The largest absolute Gasteiger partial charge is 0.345 e. The van der Waals surface area contributed by atoms with E-state index in [1.807, 2.05) is 15.9 Å². The third kappa shape index (κ3) is 2.76. The fourth-order valence-corrected chi connectivity index (χ4v) is 3.49. The number of aromatic nitrogens is 1. The number of hydrogen-bond donors (Lipinski definition) is 0. The Morgan fingerprint density at radius 3 is 2.32 bits per heavy atom. The van der Waals surface area contributed by atoms with Gasteiger partial charge in [0.15, 0.2) is 0 Å². The predicted octanol–water partition coefficient (Wildman–Crippen LogP) is 2.13. The molecule has 22 heavy (non-hydrogen) atoms. The minimum Gasteiger partial charge on any atom is -0.345 e. The molecule has 0 radical (unpaired) electrons. The van der Waals surface area contributed by atoms with Crippen LogP contribution in [0.3, 0.4) is 0 Å². The molecule has 0 spiro atoms. The van der Waals surface area contributed by atoms with Crippen LogP contribution in [0.1, 0.15) is 54.0 Å². The van der Waals surface area contributed by atoms with E-state index in [1.165, 1.54) is 18.5 Å². The van der Waals surface area contributed by atoms with Crippen molar-refractivity contribution < 1.29 is 9.59 Å². The topological polar surface area (TPSA) is 45.6 Å². The first-order valence-corrected chi connectivity index (χ1v) is 8.22. The van der Waals surface area contributed by atoms with Crippen LogP contribution >= 0.6 is 0 Å². The van der Waals surface area contributed by atoms with Gasteiger partial charge < -0.3 is 14.4 Å². The zero-order chi connectivity index (χ0) is 15.9. The van der Waals surface area contributed by atoms with Crippen LogP contribution in [-0.2, 0) is 4.79 Å². The number of nitrogens with zero attached hydrogens (tertiary/aromatic N) is 3. The molecule has 2 heterocycles. The number of hydrogen-bond acceptors (Lipinski definition) is 2. The Kier molecular flexibility index (Phi) is 3.98. The Balaban J connectivity index is 1.76. The van der Waals surface area contributed by atoms with Gasteiger partial charge in [-0.05, 0) is 39.2 Å². The minimum atomic E-state index is 0.0983. The molecular weight excluding hydrogens is 278 g/mol. The highest BCUT2D eigenvalue weighted by Gasteiger charge is 2.30. The van der Waals surface area contributed by atoms with Crippen LogP contribution < -0.4 is 0 Å². The number of carbonyl (C=O) groups excluding carboxylic acids is 2. The standard InChI is InChI=1S/C17H25N3O2/c1-12-11-16(13(2)20(12)15-5-6-15)17(22)19-8-4-7-18(9-10-19)14(3)21/h11,15H,4-10H2,1-3H3. The van der Waals surface area contributed by atoms with Crippen LogP contribution in [0.25, 0.3) is 0 Å². The third-order valence-corrected chi connectivity index (χ3v) is 4.86. The maximum absolute atomic E-state index is 12.9. The van der Waals surface area contributed by atoms with Gasteiger partial charge in [0.2, 0.25) is 5.91 Å². The Hall–Kier alpha value is -1.78. The summed E-state index contributed by atoms with van der Waals surface area (Å²) in [6, 6.07) is 2.63. The molecule has 1 aliphatic heterocycles. The van der Waals surface area contributed by atoms with Gasteiger partial charge in [-0.25, -0.2) is 0 Å². The van der Waals surface area contributed by atoms with E-state index in [-0.39, 0.29) is 11.8 Å². The van der Waals surface area contributed by atoms with Crippen molar-refractivity contribution in [1.29, 1.82) is 0 Å². The molecule has 2 aliphatic rings. The maximum atomic E-state index is 12.9. The summed E-state index contributed by atoms with van der Waals surface area (Å²) >= 11 is 0. The Bertz CT molecular complexity index is 601. The summed E-state index contributed by atoms with van der Waals surface area (Å²) in [4.78, 5) is 28.1. The molecule has 2 fully saturated rings. The van der Waals surface area contributed by atoms with Gasteiger partial charge in [0.05, 0.1) is 5.56 Å². The highest BCUT2D eigenvalue weighted by Crippen LogP contribution is 2.38. The van der Waals surface area contributed by atoms with Gasteiger partial charge in [0.1, 0.15) is 0 Å². The SMILES string of the molecule is CC(=O)N1CCCN(C(=O)c2cc(C)n(C3CC3)c2C)CC1. The summed E-state index contributed by atoms with van der Waals surface area (Å²) in [5, 5.41) is 0. The molecule has 1 saturated carbocycles. The molecule has 120 valence electrons. The zero-order valence-corrected chi connectivity index (χ0v) is 13.8. The molecule has 1 aromatic heterocycles. The summed E-state index contributed by atoms with van der Waals surface area (Å²) in [5.41, 5.74) is 3.11. The van der Waals surface area contributed by atoms with Crippen molar-refractivity contribution in [1.82, 2.24) is 14.4 Å². The lowest BCUT2D eigenvalue weighted by Crippen LogP contribution is -2.36. The van der Waals surface area contributed by atoms with Crippen molar-refractivity contribution in [2.75, 3.05) is 26.2 Å². The van der Waals surface area contributed by atoms with Crippen LogP contribution in [0.4, 0.5) is 0 Å². The summed E-state index contributed by atoms with van der Waals surface area (Å²) in [5.74, 6) is 0.214. The van der Waals surface area contributed by atoms with Gasteiger partial charge in [-0.15, -0.1) is 0 Å². The second-order valence-corrected chi connectivity index (χ2v) is 6.54. The third-order valence-electron chi connectivity index (χ3n) is 4.86. The van der Waals surface area contributed by atoms with Gasteiger partial charge in [-0.1, -0.05) is 0 Å². The predicted molar refractivity (Wildman–Crippen MR) is 85.0 cm³/mol. The first-order valence-electron chi connectivity index (χ1n) is 8.22. The lowest BCUT2D eigenvalue weighted by atomic mass is 10.2. The van der Waals surface area contributed by atoms with Gasteiger partial charge >= 0.3 is 0 Å². The van der Waals surface area contributed by atoms with Crippen LogP contribution in [0.5, 0.6) is 0 Å². The van der Waals surface area contributed by atoms with E-state index in [2.05, 4.69) is 18.4 Å². The van der Waals surface area contributed by atoms with Crippen molar-refractivity contribution in [3.63, 3.8) is 0 Å². The molecule has 0 aromatic carbocycles. The number of aryl methyl sites for hydroxylation is 1. The molecule has 5 heteroatoms. The van der Waals surface area contributed by atoms with Crippen molar-refractivity contribution >= 4 is 11.8 Å².